The lowest BCUT2D eigenvalue weighted by Gasteiger charge is -2.21. The van der Waals surface area contributed by atoms with Crippen molar-refractivity contribution in [2.75, 3.05) is 0 Å². The first-order chi connectivity index (χ1) is 10.7. The van der Waals surface area contributed by atoms with Gasteiger partial charge in [-0.25, -0.2) is 0 Å². The molecule has 0 aliphatic carbocycles. The van der Waals surface area contributed by atoms with Crippen molar-refractivity contribution >= 4 is 0 Å². The second kappa shape index (κ2) is 8.03. The van der Waals surface area contributed by atoms with Crippen molar-refractivity contribution < 1.29 is 0 Å². The Hall–Kier alpha value is -2.55. The first kappa shape index (κ1) is 15.8. The van der Waals surface area contributed by atoms with Gasteiger partial charge in [-0.05, 0) is 29.5 Å². The summed E-state index contributed by atoms with van der Waals surface area (Å²) in [6.07, 6.45) is 1.30. The van der Waals surface area contributed by atoms with Crippen molar-refractivity contribution in [1.82, 2.24) is 0 Å². The molecule has 0 heterocycles. The lowest BCUT2D eigenvalue weighted by atomic mass is 9.92. The first-order valence-corrected chi connectivity index (χ1v) is 7.27. The molecule has 2 aromatic carbocycles. The fourth-order valence-corrected chi connectivity index (χ4v) is 2.39. The predicted octanol–water partition coefficient (Wildman–Crippen LogP) is 4.03. The first-order valence-electron chi connectivity index (χ1n) is 7.27. The molecular formula is C18H20N4. The van der Waals surface area contributed by atoms with Crippen LogP contribution in [0.2, 0.25) is 0 Å². The Kier molecular flexibility index (Phi) is 5.78. The van der Waals surface area contributed by atoms with E-state index in [0.29, 0.717) is 12.8 Å². The molecule has 2 aromatic rings. The van der Waals surface area contributed by atoms with Crippen LogP contribution in [0.25, 0.3) is 10.4 Å². The van der Waals surface area contributed by atoms with Crippen LogP contribution in [-0.4, -0.2) is 12.1 Å². The molecule has 2 N–H and O–H groups in total. The molecule has 4 nitrogen and oxygen atoms in total. The maximum atomic E-state index is 8.81. The summed E-state index contributed by atoms with van der Waals surface area (Å²) in [6, 6.07) is 19.4. The molecule has 0 radical (unpaired) electrons. The summed E-state index contributed by atoms with van der Waals surface area (Å²) in [5, 5.41) is 3.88. The molecule has 0 fully saturated rings. The molecule has 2 rings (SSSR count). The van der Waals surface area contributed by atoms with E-state index in [4.69, 9.17) is 11.3 Å². The fourth-order valence-electron chi connectivity index (χ4n) is 2.39. The van der Waals surface area contributed by atoms with Crippen LogP contribution in [0.15, 0.2) is 77.9 Å². The van der Waals surface area contributed by atoms with E-state index >= 15 is 0 Å². The topological polar surface area (TPSA) is 74.8 Å². The van der Waals surface area contributed by atoms with Crippen LogP contribution in [0, 0.1) is 0 Å². The minimum atomic E-state index is -0.328. The second-order valence-corrected chi connectivity index (χ2v) is 5.28. The van der Waals surface area contributed by atoms with Gasteiger partial charge in [0, 0.05) is 11.0 Å². The number of hydrogen-bond acceptors (Lipinski definition) is 2. The van der Waals surface area contributed by atoms with Crippen molar-refractivity contribution in [3.8, 4) is 0 Å². The van der Waals surface area contributed by atoms with Gasteiger partial charge in [0.1, 0.15) is 0 Å². The molecule has 0 saturated heterocycles. The molecule has 0 bridgehead atoms. The van der Waals surface area contributed by atoms with Gasteiger partial charge in [-0.1, -0.05) is 77.9 Å². The third-order valence-electron chi connectivity index (χ3n) is 3.67. The smallest absolute Gasteiger partial charge is 0.0637 e. The number of azide groups is 1. The third-order valence-corrected chi connectivity index (χ3v) is 3.67. The van der Waals surface area contributed by atoms with E-state index in [1.54, 1.807) is 0 Å². The Bertz CT molecular complexity index is 645. The average molecular weight is 292 g/mol. The zero-order chi connectivity index (χ0) is 15.8. The van der Waals surface area contributed by atoms with Crippen LogP contribution in [0.4, 0.5) is 0 Å². The molecule has 2 atom stereocenters. The summed E-state index contributed by atoms with van der Waals surface area (Å²) < 4.78 is 0. The number of nitrogens with zero attached hydrogens (tertiary/aromatic N) is 3. The summed E-state index contributed by atoms with van der Waals surface area (Å²) in [6.45, 7) is 4.08. The normalized spacial score (nSPS) is 13.0. The highest BCUT2D eigenvalue weighted by atomic mass is 15.1. The van der Waals surface area contributed by atoms with Gasteiger partial charge >= 0.3 is 0 Å². The van der Waals surface area contributed by atoms with E-state index in [1.165, 1.54) is 0 Å². The maximum absolute atomic E-state index is 8.81. The summed E-state index contributed by atoms with van der Waals surface area (Å²) in [5.41, 5.74) is 18.1. The third kappa shape index (κ3) is 4.48. The van der Waals surface area contributed by atoms with Crippen LogP contribution in [0.1, 0.15) is 11.1 Å². The number of rotatable bonds is 7. The zero-order valence-corrected chi connectivity index (χ0v) is 12.5. The summed E-state index contributed by atoms with van der Waals surface area (Å²) >= 11 is 0. The van der Waals surface area contributed by atoms with Gasteiger partial charge in [0.2, 0.25) is 0 Å². The lowest BCUT2D eigenvalue weighted by molar-refractivity contribution is 0.650. The van der Waals surface area contributed by atoms with Crippen LogP contribution >= 0.6 is 0 Å². The minimum Gasteiger partial charge on any atom is -0.324 e. The van der Waals surface area contributed by atoms with E-state index in [9.17, 15) is 0 Å². The van der Waals surface area contributed by atoms with Gasteiger partial charge in [-0.3, -0.25) is 0 Å². The molecule has 0 saturated carbocycles. The van der Waals surface area contributed by atoms with E-state index in [1.807, 2.05) is 60.7 Å². The highest BCUT2D eigenvalue weighted by molar-refractivity contribution is 5.25. The van der Waals surface area contributed by atoms with Crippen molar-refractivity contribution in [2.24, 2.45) is 10.8 Å². The van der Waals surface area contributed by atoms with Gasteiger partial charge in [-0.15, -0.1) is 0 Å². The molecule has 0 spiro atoms. The van der Waals surface area contributed by atoms with Crippen molar-refractivity contribution in [3.05, 3.63) is 94.4 Å². The summed E-state index contributed by atoms with van der Waals surface area (Å²) in [7, 11) is 0. The molecule has 22 heavy (non-hydrogen) atoms. The van der Waals surface area contributed by atoms with E-state index in [-0.39, 0.29) is 12.1 Å². The van der Waals surface area contributed by atoms with Gasteiger partial charge in [0.05, 0.1) is 6.04 Å². The number of hydrogen-bond donors (Lipinski definition) is 1. The monoisotopic (exact) mass is 292 g/mol. The van der Waals surface area contributed by atoms with E-state index in [0.717, 1.165) is 16.7 Å². The van der Waals surface area contributed by atoms with E-state index < -0.39 is 0 Å². The van der Waals surface area contributed by atoms with Gasteiger partial charge in [0.25, 0.3) is 0 Å². The maximum Gasteiger partial charge on any atom is 0.0637 e. The molecule has 2 unspecified atom stereocenters. The molecule has 0 aliphatic heterocycles. The summed E-state index contributed by atoms with van der Waals surface area (Å²) in [4.78, 5) is 2.95. The number of benzene rings is 2. The Morgan fingerprint density at radius 2 is 1.50 bits per heavy atom. The molecule has 0 aromatic heterocycles. The second-order valence-electron chi connectivity index (χ2n) is 5.28. The average Bonchev–Trinajstić information content (AvgIpc) is 2.55. The zero-order valence-electron chi connectivity index (χ0n) is 12.5. The quantitative estimate of drug-likeness (QED) is 0.355. The van der Waals surface area contributed by atoms with Crippen molar-refractivity contribution in [1.29, 1.82) is 0 Å². The highest BCUT2D eigenvalue weighted by Crippen LogP contribution is 2.17. The molecule has 112 valence electrons. The SMILES string of the molecule is C=C(C(N)Cc1ccccc1)C(Cc1ccccc1)N=[N+]=[N-]. The van der Waals surface area contributed by atoms with Gasteiger partial charge in [-0.2, -0.15) is 0 Å². The van der Waals surface area contributed by atoms with Crippen LogP contribution < -0.4 is 5.73 Å². The molecule has 4 heteroatoms. The largest absolute Gasteiger partial charge is 0.324 e. The Balaban J connectivity index is 2.07. The van der Waals surface area contributed by atoms with Crippen LogP contribution in [0.3, 0.4) is 0 Å². The van der Waals surface area contributed by atoms with Gasteiger partial charge in [0.15, 0.2) is 0 Å². The lowest BCUT2D eigenvalue weighted by Crippen LogP contribution is -2.31. The van der Waals surface area contributed by atoms with Crippen molar-refractivity contribution in [2.45, 2.75) is 24.9 Å². The minimum absolute atomic E-state index is 0.235. The van der Waals surface area contributed by atoms with Crippen LogP contribution in [0.5, 0.6) is 0 Å². The Labute approximate surface area is 130 Å². The Morgan fingerprint density at radius 3 is 2.00 bits per heavy atom. The van der Waals surface area contributed by atoms with Gasteiger partial charge < -0.3 is 5.73 Å². The fraction of sp³-hybridized carbons (Fsp3) is 0.222. The van der Waals surface area contributed by atoms with Crippen molar-refractivity contribution in [3.63, 3.8) is 0 Å². The highest BCUT2D eigenvalue weighted by Gasteiger charge is 2.18. The molecule has 0 aliphatic rings. The summed E-state index contributed by atoms with van der Waals surface area (Å²) in [5.74, 6) is 0. The molecular weight excluding hydrogens is 272 g/mol. The predicted molar refractivity (Wildman–Crippen MR) is 90.3 cm³/mol. The number of nitrogens with two attached hydrogens (primary N) is 1. The Morgan fingerprint density at radius 1 is 1.00 bits per heavy atom. The van der Waals surface area contributed by atoms with E-state index in [2.05, 4.69) is 16.6 Å². The standard InChI is InChI=1S/C18H20N4/c1-14(17(19)12-15-8-4-2-5-9-15)18(21-22-20)13-16-10-6-3-7-11-16/h2-11,17-18H,1,12-13,19H2. The van der Waals surface area contributed by atoms with Crippen LogP contribution in [-0.2, 0) is 12.8 Å². The molecule has 0 amide bonds.